The molecule has 0 aromatic rings. The van der Waals surface area contributed by atoms with Crippen molar-refractivity contribution in [3.05, 3.63) is 0 Å². The summed E-state index contributed by atoms with van der Waals surface area (Å²) in [4.78, 5) is 63.2. The second-order valence-corrected chi connectivity index (χ2v) is 31.0. The molecule has 32 N–H and O–H groups in total. The van der Waals surface area contributed by atoms with Crippen molar-refractivity contribution in [2.45, 2.75) is 335 Å². The van der Waals surface area contributed by atoms with Gasteiger partial charge in [-0.2, -0.15) is 0 Å². The summed E-state index contributed by atoms with van der Waals surface area (Å²) in [7, 11) is 0. The molecule has 10 heterocycles. The highest BCUT2D eigenvalue weighted by molar-refractivity contribution is 5.75. The predicted octanol–water partition coefficient (Wildman–Crippen LogP) is -22.1. The summed E-state index contributed by atoms with van der Waals surface area (Å²) in [6.07, 6.45) is -99.7. The van der Waals surface area contributed by atoms with E-state index in [0.717, 1.165) is 27.7 Å². The number of amides is 4. The lowest BCUT2D eigenvalue weighted by Crippen LogP contribution is -2.71. The molecule has 50 atom stereocenters. The van der Waals surface area contributed by atoms with Crippen molar-refractivity contribution in [3.63, 3.8) is 0 Å². The predicted molar refractivity (Wildman–Crippen MR) is 377 cm³/mol. The lowest BCUT2D eigenvalue weighted by Gasteiger charge is -2.51. The van der Waals surface area contributed by atoms with Crippen LogP contribution in [0.25, 0.3) is 0 Å². The van der Waals surface area contributed by atoms with Gasteiger partial charge in [-0.1, -0.05) is 0 Å². The first kappa shape index (κ1) is 102. The number of ether oxygens (including phenoxy) is 19. The molecule has 10 rings (SSSR count). The number of hydrogen-bond donors (Lipinski definition) is 32. The van der Waals surface area contributed by atoms with Gasteiger partial charge in [0.05, 0.1) is 59.5 Å². The Bertz CT molecular complexity index is 3400. The van der Waals surface area contributed by atoms with E-state index in [1.165, 1.54) is 0 Å². The van der Waals surface area contributed by atoms with Crippen LogP contribution < -0.4 is 21.3 Å². The molecule has 0 aromatic heterocycles. The van der Waals surface area contributed by atoms with E-state index in [-0.39, 0.29) is 0 Å². The molecule has 124 heavy (non-hydrogen) atoms. The van der Waals surface area contributed by atoms with E-state index in [4.69, 9.17) is 90.0 Å². The minimum atomic E-state index is -2.62. The first-order valence-electron chi connectivity index (χ1n) is 39.1. The third-order valence-electron chi connectivity index (χ3n) is 22.4. The van der Waals surface area contributed by atoms with Gasteiger partial charge in [-0.15, -0.1) is 0 Å². The Morgan fingerprint density at radius 2 is 0.492 bits per heavy atom. The fraction of sp³-hybridized carbons (Fsp3) is 0.926. The van der Waals surface area contributed by atoms with Gasteiger partial charge in [0.2, 0.25) is 23.6 Å². The van der Waals surface area contributed by atoms with E-state index in [2.05, 4.69) is 21.3 Å². The molecule has 0 aliphatic carbocycles. The molecule has 4 amide bonds. The lowest BCUT2D eigenvalue weighted by molar-refractivity contribution is -0.399. The largest absolute Gasteiger partial charge is 0.479 e. The van der Waals surface area contributed by atoms with Gasteiger partial charge in [0.15, 0.2) is 69.0 Å². The molecule has 10 fully saturated rings. The first-order valence-corrected chi connectivity index (χ1v) is 39.1. The third kappa shape index (κ3) is 22.1. The molecular formula is C68H112N4O52. The zero-order valence-corrected chi connectivity index (χ0v) is 66.1. The lowest BCUT2D eigenvalue weighted by atomic mass is 9.93. The van der Waals surface area contributed by atoms with Gasteiger partial charge in [0.25, 0.3) is 0 Å². The van der Waals surface area contributed by atoms with E-state index in [1.807, 2.05) is 0 Å². The molecule has 0 spiro atoms. The Kier molecular flexibility index (Phi) is 36.2. The normalized spacial score (nSPS) is 49.1. The Hall–Kier alpha value is -4.49. The van der Waals surface area contributed by atoms with Crippen LogP contribution in [0.3, 0.4) is 0 Å². The van der Waals surface area contributed by atoms with Crippen molar-refractivity contribution < 1.29 is 257 Å². The smallest absolute Gasteiger partial charge is 0.335 e. The van der Waals surface area contributed by atoms with Gasteiger partial charge in [-0.3, -0.25) is 19.2 Å². The van der Waals surface area contributed by atoms with Gasteiger partial charge in [0, 0.05) is 27.7 Å². The molecule has 0 unspecified atom stereocenters. The second kappa shape index (κ2) is 44.2. The first-order chi connectivity index (χ1) is 58.6. The minimum absolute atomic E-state index is 0.806. The summed E-state index contributed by atoms with van der Waals surface area (Å²) in [5.74, 6) is -5.64. The van der Waals surface area contributed by atoms with Crippen LogP contribution in [0.4, 0.5) is 0 Å². The van der Waals surface area contributed by atoms with Crippen LogP contribution in [0.5, 0.6) is 0 Å². The molecular weight excluding hydrogens is 1700 g/mol. The van der Waals surface area contributed by atoms with Gasteiger partial charge in [0.1, 0.15) is 238 Å². The number of hydrogen-bond acceptors (Lipinski definition) is 51. The molecule has 56 heteroatoms. The van der Waals surface area contributed by atoms with Crippen molar-refractivity contribution >= 4 is 29.6 Å². The minimum Gasteiger partial charge on any atom is -0.479 e. The van der Waals surface area contributed by atoms with Crippen LogP contribution in [0.1, 0.15) is 27.7 Å². The number of carboxylic acid groups (broad SMARTS) is 1. The van der Waals surface area contributed by atoms with Crippen LogP contribution in [0, 0.1) is 0 Å². The quantitative estimate of drug-likeness (QED) is 0.0297. The fourth-order valence-corrected chi connectivity index (χ4v) is 15.9. The maximum atomic E-state index is 13.1. The Morgan fingerprint density at radius 1 is 0.234 bits per heavy atom. The number of carbonyl (C=O) groups is 5. The SMILES string of the molecule is CC(=O)N[C@@H]1[C@@H](O)[C@H](O[C@@H]2O[C@H](CO)[C@@H](O[C@@H]3O[C@H](CO[C@H]4O[C@H](CO)[C@@H](O)[C@H](O)[C@@H]4O[C@@H]4O[C@H](CO)[C@@H](O[C@@H]5O[C@H](CO)[C@H](O)[C@H](O[C@@H]6O[C@H](C(=O)O)[C@@H](O)[C@H](O)[C@H]6O)[C@H]5O)[C@H](O)[C@H]4NC(C)=O)[C@@H](O)[C@H](O[C@H]4O[C@H](CO)[C@@H](O)[C@H](O)[C@@H]4O[C@@H]4O[C@H](CO)[C@@H](O[C@@H]5O[C@H](CO)[C@H](O)[C@H](O)[C@H]5O)[C@H](O)[C@H]4NC(C)=O)[C@@H]3O)[C@H](O)[C@H]2NC(C)=O)[C@@H](CO)O[C@H]1O. The van der Waals surface area contributed by atoms with Crippen molar-refractivity contribution in [3.8, 4) is 0 Å². The molecule has 0 saturated carbocycles. The number of carbonyl (C=O) groups excluding carboxylic acids is 4. The highest BCUT2D eigenvalue weighted by atomic mass is 16.8. The average Bonchev–Trinajstić information content (AvgIpc) is 0.773. The summed E-state index contributed by atoms with van der Waals surface area (Å²) in [6, 6.07) is -7.66. The molecule has 0 aromatic carbocycles. The van der Waals surface area contributed by atoms with Crippen molar-refractivity contribution in [1.82, 2.24) is 21.3 Å². The van der Waals surface area contributed by atoms with Gasteiger partial charge in [-0.25, -0.2) is 4.79 Å². The Balaban J connectivity index is 0.965. The van der Waals surface area contributed by atoms with Crippen LogP contribution in [-0.2, 0) is 114 Å². The van der Waals surface area contributed by atoms with Gasteiger partial charge in [-0.05, 0) is 0 Å². The van der Waals surface area contributed by atoms with Gasteiger partial charge < -0.3 is 254 Å². The van der Waals surface area contributed by atoms with E-state index >= 15 is 0 Å². The topological polar surface area (TPSA) is 875 Å². The zero-order chi connectivity index (χ0) is 91.4. The zero-order valence-electron chi connectivity index (χ0n) is 66.1. The van der Waals surface area contributed by atoms with E-state index < -0.39 is 396 Å². The monoisotopic (exact) mass is 1820 g/mol. The number of carboxylic acids is 1. The Morgan fingerprint density at radius 3 is 0.871 bits per heavy atom. The Labute approximate surface area is 700 Å². The van der Waals surface area contributed by atoms with E-state index in [9.17, 15) is 167 Å². The highest BCUT2D eigenvalue weighted by Crippen LogP contribution is 2.41. The molecule has 56 nitrogen and oxygen atoms in total. The standard InChI is InChI=1S/C68H112N4O52/c1-14(81)69-27-36(90)49(22(9-77)107-59(27)105)116-60-28(70-15(2)82)37(91)52(24(11-79)112-60)119-66-48(102)54(121-68-57(43(97)33(87)20(7-75)111-68)124-62-30(72-17(4)84)38(92)50(23(10-78)114-62)117-63-45(99)40(94)31(85)18(5-73)108-63)35(89)26(115-66)13-106-67-56(42(96)32(86)19(6-74)110-67)123-61-29(71-16(3)83)39(93)51(25(12-80)113-61)118-65-47(101)53(34(88)21(8-76)109-65)120-64-46(100)41(95)44(98)55(122-64)58(103)104/h18-57,59-68,73-80,85-102,105H,5-13H2,1-4H3,(H,69,81)(H,70,82)(H,71,83)(H,72,84)(H,103,104)/t18-,19-,20-,21-,22-,23-,24-,25-,26-,27-,28-,29-,30-,31+,32-,33-,34+,35-,36-,37-,38-,39-,40+,41+,42+,43+,44+,45-,46-,47-,48+,49-,50-,51-,52-,53+,54+,55+,56+,57+,59-,60+,61+,62+,63+,64-,65+,66+,67+,68-/m1/s1. The number of rotatable bonds is 32. The molecule has 10 aliphatic heterocycles. The van der Waals surface area contributed by atoms with Crippen LogP contribution in [0.15, 0.2) is 0 Å². The van der Waals surface area contributed by atoms with Crippen LogP contribution in [-0.4, -0.2) is 539 Å². The third-order valence-corrected chi connectivity index (χ3v) is 22.4. The summed E-state index contributed by atoms with van der Waals surface area (Å²) in [5, 5.41) is 321. The molecule has 10 aliphatic rings. The fourth-order valence-electron chi connectivity index (χ4n) is 15.9. The summed E-state index contributed by atoms with van der Waals surface area (Å²) in [6.45, 7) is -6.69. The van der Waals surface area contributed by atoms with Crippen molar-refractivity contribution in [2.75, 3.05) is 59.5 Å². The van der Waals surface area contributed by atoms with E-state index in [1.54, 1.807) is 0 Å². The highest BCUT2D eigenvalue weighted by Gasteiger charge is 2.62. The van der Waals surface area contributed by atoms with Gasteiger partial charge >= 0.3 is 5.97 Å². The summed E-state index contributed by atoms with van der Waals surface area (Å²) < 4.78 is 112. The summed E-state index contributed by atoms with van der Waals surface area (Å²) >= 11 is 0. The second-order valence-electron chi connectivity index (χ2n) is 31.0. The van der Waals surface area contributed by atoms with E-state index in [0.29, 0.717) is 0 Å². The van der Waals surface area contributed by atoms with Crippen LogP contribution in [0.2, 0.25) is 0 Å². The van der Waals surface area contributed by atoms with Crippen molar-refractivity contribution in [2.24, 2.45) is 0 Å². The number of nitrogens with one attached hydrogen (secondary N) is 4. The number of aliphatic hydroxyl groups is 27. The molecule has 716 valence electrons. The molecule has 0 bridgehead atoms. The molecule has 0 radical (unpaired) electrons. The maximum absolute atomic E-state index is 13.1. The number of aliphatic carboxylic acids is 1. The number of aliphatic hydroxyl groups excluding tert-OH is 27. The summed E-state index contributed by atoms with van der Waals surface area (Å²) in [5.41, 5.74) is 0. The molecule has 10 saturated heterocycles. The van der Waals surface area contributed by atoms with Crippen LogP contribution >= 0.6 is 0 Å². The van der Waals surface area contributed by atoms with Crippen molar-refractivity contribution in [1.29, 1.82) is 0 Å². The average molecular weight is 1820 g/mol. The maximum Gasteiger partial charge on any atom is 0.335 e.